The van der Waals surface area contributed by atoms with Crippen LogP contribution in [0.5, 0.6) is 0 Å². The monoisotopic (exact) mass is 290 g/mol. The first-order valence-corrected chi connectivity index (χ1v) is 8.26. The van der Waals surface area contributed by atoms with E-state index >= 15 is 0 Å². The second-order valence-electron chi connectivity index (χ2n) is 5.24. The first-order chi connectivity index (χ1) is 9.59. The van der Waals surface area contributed by atoms with Gasteiger partial charge < -0.3 is 5.73 Å². The summed E-state index contributed by atoms with van der Waals surface area (Å²) in [4.78, 5) is 0.379. The predicted octanol–water partition coefficient (Wildman–Crippen LogP) is 1.95. The lowest BCUT2D eigenvalue weighted by Crippen LogP contribution is -2.45. The first kappa shape index (κ1) is 13.5. The average Bonchev–Trinajstić information content (AvgIpc) is 2.46. The van der Waals surface area contributed by atoms with Crippen LogP contribution in [-0.4, -0.2) is 31.9 Å². The smallest absolute Gasteiger partial charge is 0.243 e. The molecule has 0 aromatic heterocycles. The van der Waals surface area contributed by atoms with Crippen molar-refractivity contribution < 1.29 is 8.42 Å². The van der Waals surface area contributed by atoms with Crippen LogP contribution in [0.3, 0.4) is 0 Å². The van der Waals surface area contributed by atoms with Crippen LogP contribution < -0.4 is 5.73 Å². The first-order valence-electron chi connectivity index (χ1n) is 6.82. The Morgan fingerprint density at radius 1 is 1.10 bits per heavy atom. The number of fused-ring (bicyclic) bond motifs is 1. The molecule has 5 heteroatoms. The Labute approximate surface area is 119 Å². The fourth-order valence-corrected chi connectivity index (χ4v) is 4.50. The summed E-state index contributed by atoms with van der Waals surface area (Å²) in [5.74, 6) is 0. The number of nitrogens with two attached hydrogens (primary N) is 1. The van der Waals surface area contributed by atoms with Crippen molar-refractivity contribution in [2.24, 2.45) is 5.73 Å². The molecule has 0 amide bonds. The van der Waals surface area contributed by atoms with Crippen molar-refractivity contribution in [1.82, 2.24) is 4.31 Å². The maximum absolute atomic E-state index is 12.8. The van der Waals surface area contributed by atoms with Gasteiger partial charge in [0.15, 0.2) is 0 Å². The van der Waals surface area contributed by atoms with Gasteiger partial charge in [0.2, 0.25) is 10.0 Å². The van der Waals surface area contributed by atoms with Gasteiger partial charge >= 0.3 is 0 Å². The Balaban J connectivity index is 2.09. The van der Waals surface area contributed by atoms with Gasteiger partial charge in [-0.15, -0.1) is 0 Å². The van der Waals surface area contributed by atoms with Gasteiger partial charge in [-0.25, -0.2) is 8.42 Å². The highest BCUT2D eigenvalue weighted by molar-refractivity contribution is 7.89. The van der Waals surface area contributed by atoms with Crippen LogP contribution in [0.15, 0.2) is 47.4 Å². The fraction of sp³-hybridized carbons (Fsp3) is 0.333. The van der Waals surface area contributed by atoms with E-state index in [0.29, 0.717) is 18.0 Å². The molecule has 0 aliphatic carbocycles. The Bertz CT molecular complexity index is 722. The van der Waals surface area contributed by atoms with Crippen molar-refractivity contribution >= 4 is 20.8 Å². The van der Waals surface area contributed by atoms with E-state index in [1.54, 1.807) is 12.1 Å². The van der Waals surface area contributed by atoms with Gasteiger partial charge in [-0.1, -0.05) is 36.4 Å². The van der Waals surface area contributed by atoms with Crippen LogP contribution in [-0.2, 0) is 10.0 Å². The second-order valence-corrected chi connectivity index (χ2v) is 7.15. The summed E-state index contributed by atoms with van der Waals surface area (Å²) in [5.41, 5.74) is 5.91. The Hall–Kier alpha value is -1.43. The Morgan fingerprint density at radius 3 is 2.65 bits per heavy atom. The van der Waals surface area contributed by atoms with Gasteiger partial charge in [-0.3, -0.25) is 0 Å². The molecule has 20 heavy (non-hydrogen) atoms. The molecule has 2 aromatic carbocycles. The van der Waals surface area contributed by atoms with Gasteiger partial charge in [-0.2, -0.15) is 4.31 Å². The third kappa shape index (κ3) is 2.32. The number of piperidine rings is 1. The van der Waals surface area contributed by atoms with Crippen LogP contribution >= 0.6 is 0 Å². The Morgan fingerprint density at radius 2 is 1.85 bits per heavy atom. The van der Waals surface area contributed by atoms with Crippen LogP contribution in [0.25, 0.3) is 10.8 Å². The SMILES string of the molecule is NC1CCCN(S(=O)(=O)c2cccc3ccccc23)C1. The maximum atomic E-state index is 12.8. The summed E-state index contributed by atoms with van der Waals surface area (Å²) in [5, 5.41) is 1.71. The molecule has 0 radical (unpaired) electrons. The molecule has 1 fully saturated rings. The molecule has 1 aliphatic rings. The highest BCUT2D eigenvalue weighted by Gasteiger charge is 2.29. The van der Waals surface area contributed by atoms with E-state index < -0.39 is 10.0 Å². The van der Waals surface area contributed by atoms with E-state index in [2.05, 4.69) is 0 Å². The molecule has 0 bridgehead atoms. The second kappa shape index (κ2) is 5.16. The molecule has 1 atom stereocenters. The minimum Gasteiger partial charge on any atom is -0.327 e. The molecule has 0 spiro atoms. The lowest BCUT2D eigenvalue weighted by atomic mass is 10.1. The molecule has 1 unspecified atom stereocenters. The lowest BCUT2D eigenvalue weighted by Gasteiger charge is -2.30. The quantitative estimate of drug-likeness (QED) is 0.919. The number of hydrogen-bond donors (Lipinski definition) is 1. The molecule has 2 aromatic rings. The molecule has 4 nitrogen and oxygen atoms in total. The van der Waals surface area contributed by atoms with Crippen molar-refractivity contribution in [3.8, 4) is 0 Å². The zero-order valence-corrected chi connectivity index (χ0v) is 12.0. The fourth-order valence-electron chi connectivity index (χ4n) is 2.75. The largest absolute Gasteiger partial charge is 0.327 e. The van der Waals surface area contributed by atoms with Crippen LogP contribution in [0.1, 0.15) is 12.8 Å². The molecule has 3 rings (SSSR count). The van der Waals surface area contributed by atoms with E-state index in [9.17, 15) is 8.42 Å². The topological polar surface area (TPSA) is 63.4 Å². The zero-order valence-electron chi connectivity index (χ0n) is 11.2. The number of rotatable bonds is 2. The van der Waals surface area contributed by atoms with Crippen molar-refractivity contribution in [3.05, 3.63) is 42.5 Å². The van der Waals surface area contributed by atoms with Crippen molar-refractivity contribution in [2.75, 3.05) is 13.1 Å². The van der Waals surface area contributed by atoms with Crippen molar-refractivity contribution in [3.63, 3.8) is 0 Å². The third-order valence-electron chi connectivity index (χ3n) is 3.79. The van der Waals surface area contributed by atoms with Crippen LogP contribution in [0, 0.1) is 0 Å². The third-order valence-corrected chi connectivity index (χ3v) is 5.71. The van der Waals surface area contributed by atoms with E-state index in [1.165, 1.54) is 4.31 Å². The van der Waals surface area contributed by atoms with Gasteiger partial charge in [0.25, 0.3) is 0 Å². The summed E-state index contributed by atoms with van der Waals surface area (Å²) >= 11 is 0. The van der Waals surface area contributed by atoms with Gasteiger partial charge in [0.1, 0.15) is 0 Å². The summed E-state index contributed by atoms with van der Waals surface area (Å²) < 4.78 is 27.2. The summed E-state index contributed by atoms with van der Waals surface area (Å²) in [6.07, 6.45) is 1.72. The molecule has 2 N–H and O–H groups in total. The lowest BCUT2D eigenvalue weighted by molar-refractivity contribution is 0.316. The van der Waals surface area contributed by atoms with E-state index in [1.807, 2.05) is 30.3 Å². The number of nitrogens with zero attached hydrogens (tertiary/aromatic N) is 1. The summed E-state index contributed by atoms with van der Waals surface area (Å²) in [7, 11) is -3.47. The molecular weight excluding hydrogens is 272 g/mol. The number of sulfonamides is 1. The van der Waals surface area contributed by atoms with E-state index in [-0.39, 0.29) is 6.04 Å². The van der Waals surface area contributed by atoms with E-state index in [0.717, 1.165) is 23.6 Å². The van der Waals surface area contributed by atoms with Crippen molar-refractivity contribution in [1.29, 1.82) is 0 Å². The number of benzene rings is 2. The molecule has 1 heterocycles. The molecular formula is C15H18N2O2S. The predicted molar refractivity (Wildman–Crippen MR) is 79.9 cm³/mol. The van der Waals surface area contributed by atoms with Gasteiger partial charge in [0, 0.05) is 24.5 Å². The molecule has 106 valence electrons. The minimum absolute atomic E-state index is 0.0616. The average molecular weight is 290 g/mol. The Kier molecular flexibility index (Phi) is 3.50. The standard InChI is InChI=1S/C15H18N2O2S/c16-13-7-4-10-17(11-13)20(18,19)15-9-3-6-12-5-1-2-8-14(12)15/h1-3,5-6,8-9,13H,4,7,10-11,16H2. The van der Waals surface area contributed by atoms with Gasteiger partial charge in [0.05, 0.1) is 4.90 Å². The van der Waals surface area contributed by atoms with Crippen LogP contribution in [0.2, 0.25) is 0 Å². The minimum atomic E-state index is -3.47. The van der Waals surface area contributed by atoms with Crippen molar-refractivity contribution in [2.45, 2.75) is 23.8 Å². The summed E-state index contributed by atoms with van der Waals surface area (Å²) in [6.45, 7) is 0.963. The van der Waals surface area contributed by atoms with E-state index in [4.69, 9.17) is 5.73 Å². The highest BCUT2D eigenvalue weighted by atomic mass is 32.2. The zero-order chi connectivity index (χ0) is 14.2. The maximum Gasteiger partial charge on any atom is 0.243 e. The molecule has 1 saturated heterocycles. The van der Waals surface area contributed by atoms with Crippen LogP contribution in [0.4, 0.5) is 0 Å². The highest BCUT2D eigenvalue weighted by Crippen LogP contribution is 2.27. The molecule has 1 aliphatic heterocycles. The summed E-state index contributed by atoms with van der Waals surface area (Å²) in [6, 6.07) is 12.9. The molecule has 0 saturated carbocycles. The normalized spacial score (nSPS) is 21.1. The van der Waals surface area contributed by atoms with Gasteiger partial charge in [-0.05, 0) is 24.3 Å². The number of hydrogen-bond acceptors (Lipinski definition) is 3.